The van der Waals surface area contributed by atoms with E-state index in [4.69, 9.17) is 19.4 Å². The zero-order valence-electron chi connectivity index (χ0n) is 37.1. The number of imidazole rings is 2. The first-order chi connectivity index (χ1) is 30.3. The molecule has 3 aromatic carbocycles. The molecule has 1 spiro atoms. The molecule has 2 aliphatic heterocycles. The molecule has 8 rings (SSSR count). The monoisotopic (exact) mass is 857 g/mol. The lowest BCUT2D eigenvalue weighted by molar-refractivity contribution is -0.135. The molecule has 15 heteroatoms. The third kappa shape index (κ3) is 9.07. The predicted molar refractivity (Wildman–Crippen MR) is 242 cm³/mol. The Balaban J connectivity index is 0.964. The molecule has 3 fully saturated rings. The van der Waals surface area contributed by atoms with Crippen LogP contribution in [0.1, 0.15) is 77.1 Å². The number of nitrogens with one attached hydrogen (secondary N) is 4. The Morgan fingerprint density at radius 1 is 0.810 bits per heavy atom. The topological polar surface area (TPSA) is 190 Å². The number of hydrogen-bond donors (Lipinski definition) is 5. The Bertz CT molecular complexity index is 2470. The van der Waals surface area contributed by atoms with Crippen molar-refractivity contribution in [2.45, 2.75) is 83.8 Å². The number of hydrogen-bond acceptors (Lipinski definition) is 10. The lowest BCUT2D eigenvalue weighted by Crippen LogP contribution is -2.54. The summed E-state index contributed by atoms with van der Waals surface area (Å²) in [6.45, 7) is 8.99. The molecule has 3 aliphatic rings. The Labute approximate surface area is 368 Å². The number of aromatic nitrogens is 4. The minimum Gasteiger partial charge on any atom is -0.453 e. The number of aliphatic imine (C=N–C) groups is 1. The van der Waals surface area contributed by atoms with Crippen molar-refractivity contribution in [1.82, 2.24) is 40.4 Å². The SMILES string of the molecule is CN=C[C@H]1C[C@@H](c2ncc(-c3ccc4cc(-c5ccc(-c6cnc([C@@H]7CC8(CC8)CN7C(O)[C@@H](NC(=O)OC)C(C)C)[nH]6)cc5)ccc4c3)[nH]2)N(C(=O)[C@@H](NC(=O)OC)C(C)C)C1. The molecule has 1 saturated carbocycles. The van der Waals surface area contributed by atoms with E-state index in [-0.39, 0.29) is 41.2 Å². The fourth-order valence-corrected chi connectivity index (χ4v) is 9.46. The summed E-state index contributed by atoms with van der Waals surface area (Å²) in [4.78, 5) is 63.0. The van der Waals surface area contributed by atoms with Crippen LogP contribution in [-0.4, -0.2) is 112 Å². The maximum atomic E-state index is 13.9. The average Bonchev–Trinajstić information content (AvgIpc) is 3.78. The summed E-state index contributed by atoms with van der Waals surface area (Å²) in [5, 5.41) is 19.4. The predicted octanol–water partition coefficient (Wildman–Crippen LogP) is 7.48. The van der Waals surface area contributed by atoms with Crippen LogP contribution in [0.25, 0.3) is 44.4 Å². The first-order valence-corrected chi connectivity index (χ1v) is 21.9. The molecular weight excluding hydrogens is 799 g/mol. The zero-order chi connectivity index (χ0) is 44.6. The van der Waals surface area contributed by atoms with Gasteiger partial charge in [-0.2, -0.15) is 0 Å². The number of nitrogens with zero attached hydrogens (tertiary/aromatic N) is 5. The number of amides is 3. The number of fused-ring (bicyclic) bond motifs is 1. The van der Waals surface area contributed by atoms with Gasteiger partial charge in [-0.1, -0.05) is 76.2 Å². The van der Waals surface area contributed by atoms with Crippen molar-refractivity contribution in [2.75, 3.05) is 34.4 Å². The first kappa shape index (κ1) is 43.6. The molecule has 0 bridgehead atoms. The number of benzene rings is 3. The smallest absolute Gasteiger partial charge is 0.407 e. The van der Waals surface area contributed by atoms with Crippen LogP contribution in [0.5, 0.6) is 0 Å². The number of H-pyrrole nitrogens is 2. The van der Waals surface area contributed by atoms with Crippen LogP contribution in [0, 0.1) is 23.2 Å². The van der Waals surface area contributed by atoms with Crippen molar-refractivity contribution in [2.24, 2.45) is 28.2 Å². The fourth-order valence-electron chi connectivity index (χ4n) is 9.46. The van der Waals surface area contributed by atoms with Gasteiger partial charge < -0.3 is 45.1 Å². The van der Waals surface area contributed by atoms with Crippen LogP contribution in [0.4, 0.5) is 9.59 Å². The summed E-state index contributed by atoms with van der Waals surface area (Å²) in [5.41, 5.74) is 6.10. The Morgan fingerprint density at radius 2 is 1.38 bits per heavy atom. The van der Waals surface area contributed by atoms with E-state index < -0.39 is 30.5 Å². The van der Waals surface area contributed by atoms with Crippen molar-refractivity contribution >= 4 is 35.1 Å². The largest absolute Gasteiger partial charge is 0.453 e. The molecule has 6 atom stereocenters. The number of ether oxygens (including phenoxy) is 2. The maximum Gasteiger partial charge on any atom is 0.407 e. The molecule has 5 N–H and O–H groups in total. The van der Waals surface area contributed by atoms with Gasteiger partial charge in [-0.15, -0.1) is 0 Å². The number of likely N-dealkylation sites (tertiary alicyclic amines) is 2. The molecule has 1 unspecified atom stereocenters. The number of rotatable bonds is 13. The van der Waals surface area contributed by atoms with E-state index >= 15 is 0 Å². The molecule has 2 saturated heterocycles. The normalized spacial score (nSPS) is 21.0. The van der Waals surface area contributed by atoms with Gasteiger partial charge in [0, 0.05) is 37.8 Å². The van der Waals surface area contributed by atoms with E-state index in [2.05, 4.69) is 91.2 Å². The van der Waals surface area contributed by atoms with Crippen molar-refractivity contribution in [3.05, 3.63) is 84.7 Å². The van der Waals surface area contributed by atoms with Crippen LogP contribution in [0.2, 0.25) is 0 Å². The van der Waals surface area contributed by atoms with E-state index in [0.717, 1.165) is 76.0 Å². The van der Waals surface area contributed by atoms with Gasteiger partial charge >= 0.3 is 12.2 Å². The van der Waals surface area contributed by atoms with Crippen molar-refractivity contribution in [3.8, 4) is 33.6 Å². The molecule has 332 valence electrons. The molecule has 5 aromatic rings. The number of aromatic amines is 2. The fraction of sp³-hybridized carbons (Fsp3) is 0.458. The number of methoxy groups -OCH3 is 2. The van der Waals surface area contributed by atoms with Crippen LogP contribution in [-0.2, 0) is 14.3 Å². The summed E-state index contributed by atoms with van der Waals surface area (Å²) in [7, 11) is 4.36. The molecule has 2 aromatic heterocycles. The second kappa shape index (κ2) is 18.0. The summed E-state index contributed by atoms with van der Waals surface area (Å²) < 4.78 is 9.67. The molecule has 63 heavy (non-hydrogen) atoms. The van der Waals surface area contributed by atoms with Gasteiger partial charge in [-0.05, 0) is 82.5 Å². The molecule has 1 aliphatic carbocycles. The lowest BCUT2D eigenvalue weighted by Gasteiger charge is -2.36. The van der Waals surface area contributed by atoms with Gasteiger partial charge in [-0.3, -0.25) is 9.69 Å². The molecule has 4 heterocycles. The van der Waals surface area contributed by atoms with Gasteiger partial charge in [0.2, 0.25) is 5.91 Å². The summed E-state index contributed by atoms with van der Waals surface area (Å²) in [6.07, 6.45) is 7.28. The zero-order valence-corrected chi connectivity index (χ0v) is 37.1. The highest BCUT2D eigenvalue weighted by molar-refractivity contribution is 5.91. The maximum absolute atomic E-state index is 13.9. The van der Waals surface area contributed by atoms with Crippen LogP contribution < -0.4 is 10.6 Å². The highest BCUT2D eigenvalue weighted by Crippen LogP contribution is 2.59. The molecular formula is C48H59N9O6. The quantitative estimate of drug-likeness (QED) is 0.0748. The van der Waals surface area contributed by atoms with Crippen molar-refractivity contribution in [1.29, 1.82) is 0 Å². The highest BCUT2D eigenvalue weighted by atomic mass is 16.5. The first-order valence-electron chi connectivity index (χ1n) is 21.9. The molecule has 15 nitrogen and oxygen atoms in total. The lowest BCUT2D eigenvalue weighted by atomic mass is 9.98. The van der Waals surface area contributed by atoms with E-state index in [1.54, 1.807) is 11.9 Å². The van der Waals surface area contributed by atoms with E-state index in [1.807, 2.05) is 46.3 Å². The number of alkyl carbamates (subject to hydrolysis) is 2. The third-order valence-corrected chi connectivity index (χ3v) is 13.2. The van der Waals surface area contributed by atoms with Crippen LogP contribution in [0.3, 0.4) is 0 Å². The second-order valence-corrected chi connectivity index (χ2v) is 18.2. The molecule has 3 amide bonds. The summed E-state index contributed by atoms with van der Waals surface area (Å²) in [5.74, 6) is 1.22. The average molecular weight is 858 g/mol. The number of carbonyl (C=O) groups excluding carboxylic acids is 3. The second-order valence-electron chi connectivity index (χ2n) is 18.2. The van der Waals surface area contributed by atoms with Crippen LogP contribution >= 0.6 is 0 Å². The standard InChI is InChI=1S/C48H59N9O6/c1-27(2)40(54-46(60)62-6)44(58)56-25-29(22-49-5)18-38(56)42-50-24-37(53-42)35-15-14-33-19-32(12-13-34(33)20-35)30-8-10-31(11-9-30)36-23-51-43(52-36)39-21-48(16-17-48)26-57(39)45(59)41(28(3)4)55-47(61)63-7/h8-15,19-20,22-24,27-29,38-41,45,59H,16-18,21,25-26H2,1-7H3,(H,50,53)(H,51,52)(H,54,60)(H,55,61)/t29-,38+,39+,40+,41+,45?/m1/s1. The summed E-state index contributed by atoms with van der Waals surface area (Å²) in [6, 6.07) is 19.6. The minimum atomic E-state index is -0.891. The Kier molecular flexibility index (Phi) is 12.4. The number of aliphatic hydroxyl groups is 1. The van der Waals surface area contributed by atoms with E-state index in [1.165, 1.54) is 14.2 Å². The highest BCUT2D eigenvalue weighted by Gasteiger charge is 2.55. The van der Waals surface area contributed by atoms with Crippen LogP contribution in [0.15, 0.2) is 78.0 Å². The summed E-state index contributed by atoms with van der Waals surface area (Å²) >= 11 is 0. The van der Waals surface area contributed by atoms with E-state index in [0.29, 0.717) is 18.8 Å². The van der Waals surface area contributed by atoms with Gasteiger partial charge in [0.15, 0.2) is 0 Å². The third-order valence-electron chi connectivity index (χ3n) is 13.2. The van der Waals surface area contributed by atoms with Gasteiger partial charge in [-0.25, -0.2) is 19.6 Å². The number of aliphatic hydroxyl groups excluding tert-OH is 1. The van der Waals surface area contributed by atoms with Gasteiger partial charge in [0.05, 0.1) is 56.1 Å². The minimum absolute atomic E-state index is 0.00849. The van der Waals surface area contributed by atoms with Gasteiger partial charge in [0.25, 0.3) is 0 Å². The van der Waals surface area contributed by atoms with Gasteiger partial charge in [0.1, 0.15) is 23.9 Å². The number of carbonyl (C=O) groups is 3. The Hall–Kier alpha value is -6.06. The molecule has 0 radical (unpaired) electrons. The Morgan fingerprint density at radius 3 is 1.98 bits per heavy atom. The van der Waals surface area contributed by atoms with Crippen molar-refractivity contribution in [3.63, 3.8) is 0 Å². The van der Waals surface area contributed by atoms with E-state index in [9.17, 15) is 19.5 Å². The van der Waals surface area contributed by atoms with Crippen molar-refractivity contribution < 1.29 is 29.0 Å².